The van der Waals surface area contributed by atoms with E-state index in [1.54, 1.807) is 13.8 Å². The first kappa shape index (κ1) is 16.8. The summed E-state index contributed by atoms with van der Waals surface area (Å²) in [6.45, 7) is 3.61. The van der Waals surface area contributed by atoms with Gasteiger partial charge in [0.25, 0.3) is 5.69 Å². The Morgan fingerprint density at radius 3 is 1.96 bits per heavy atom. The number of non-ortho nitro benzene ring substituents is 1. The van der Waals surface area contributed by atoms with Crippen LogP contribution in [0.3, 0.4) is 0 Å². The van der Waals surface area contributed by atoms with Gasteiger partial charge in [-0.05, 0) is 11.0 Å². The van der Waals surface area contributed by atoms with Gasteiger partial charge in [0.05, 0.1) is 17.1 Å². The van der Waals surface area contributed by atoms with E-state index in [1.807, 2.05) is 12.1 Å². The molecule has 1 spiro atoms. The predicted octanol–water partition coefficient (Wildman–Crippen LogP) is 2.67. The molecule has 0 N–H and O–H groups in total. The highest BCUT2D eigenvalue weighted by atomic mass is 16.6. The van der Waals surface area contributed by atoms with Gasteiger partial charge in [-0.3, -0.25) is 19.7 Å². The molecule has 1 unspecified atom stereocenters. The van der Waals surface area contributed by atoms with Gasteiger partial charge in [-0.15, -0.1) is 0 Å². The van der Waals surface area contributed by atoms with Crippen LogP contribution in [-0.2, 0) is 9.59 Å². The summed E-state index contributed by atoms with van der Waals surface area (Å²) < 4.78 is 0. The normalized spacial score (nSPS) is 25.0. The van der Waals surface area contributed by atoms with Crippen molar-refractivity contribution < 1.29 is 14.5 Å². The maximum Gasteiger partial charge on any atom is 0.269 e. The molecule has 7 heteroatoms. The molecule has 2 aliphatic carbocycles. The molecule has 0 aliphatic heterocycles. The number of ketones is 2. The highest BCUT2D eigenvalue weighted by molar-refractivity contribution is 6.16. The molecule has 0 aromatic heterocycles. The molecule has 1 aromatic rings. The van der Waals surface area contributed by atoms with Crippen LogP contribution < -0.4 is 0 Å². The maximum absolute atomic E-state index is 12.9. The number of benzene rings is 1. The Kier molecular flexibility index (Phi) is 3.34. The number of nitriles is 2. The number of nitrogens with zero attached hydrogens (tertiary/aromatic N) is 3. The molecule has 0 saturated heterocycles. The van der Waals surface area contributed by atoms with E-state index in [4.69, 9.17) is 0 Å². The first-order valence-corrected chi connectivity index (χ1v) is 7.80. The van der Waals surface area contributed by atoms with E-state index in [0.717, 1.165) is 0 Å². The average Bonchev–Trinajstić information content (AvgIpc) is 3.17. The third kappa shape index (κ3) is 1.96. The van der Waals surface area contributed by atoms with Gasteiger partial charge in [0.15, 0.2) is 5.41 Å². The summed E-state index contributed by atoms with van der Waals surface area (Å²) in [5.41, 5.74) is -3.61. The number of rotatable bonds is 2. The summed E-state index contributed by atoms with van der Waals surface area (Å²) in [5.74, 6) is -1.66. The molecule has 2 fully saturated rings. The van der Waals surface area contributed by atoms with Crippen molar-refractivity contribution in [3.63, 3.8) is 0 Å². The van der Waals surface area contributed by atoms with Crippen molar-refractivity contribution in [3.8, 4) is 12.1 Å². The van der Waals surface area contributed by atoms with Crippen LogP contribution >= 0.6 is 0 Å². The molecule has 0 heterocycles. The molecule has 0 radical (unpaired) electrons. The van der Waals surface area contributed by atoms with Gasteiger partial charge >= 0.3 is 0 Å². The highest BCUT2D eigenvalue weighted by Crippen LogP contribution is 2.77. The van der Waals surface area contributed by atoms with Gasteiger partial charge in [-0.1, -0.05) is 26.0 Å². The molecule has 2 saturated carbocycles. The summed E-state index contributed by atoms with van der Waals surface area (Å²) in [6.07, 6.45) is 0.237. The van der Waals surface area contributed by atoms with Gasteiger partial charge in [0, 0.05) is 30.9 Å². The third-order valence-electron chi connectivity index (χ3n) is 5.35. The predicted molar refractivity (Wildman–Crippen MR) is 85.0 cm³/mol. The lowest BCUT2D eigenvalue weighted by Gasteiger charge is -2.33. The van der Waals surface area contributed by atoms with Gasteiger partial charge in [-0.2, -0.15) is 10.5 Å². The number of Topliss-reactive ketones (excluding diaryl/α,β-unsaturated/α-hetero) is 2. The quantitative estimate of drug-likeness (QED) is 0.464. The minimum absolute atomic E-state index is 0.118. The Balaban J connectivity index is 2.12. The minimum atomic E-state index is -1.74. The molecule has 0 bridgehead atoms. The SMILES string of the molecule is CC1(C)CC(=O)C2(C(=O)C1)C(c1ccc([N+](=O)[O-])cc1)C2(C#N)C#N. The van der Waals surface area contributed by atoms with Crippen molar-refractivity contribution >= 4 is 17.3 Å². The Bertz CT molecular complexity index is 852. The van der Waals surface area contributed by atoms with E-state index in [2.05, 4.69) is 0 Å². The van der Waals surface area contributed by atoms with Crippen LogP contribution in [0.25, 0.3) is 0 Å². The van der Waals surface area contributed by atoms with Gasteiger partial charge in [-0.25, -0.2) is 0 Å². The smallest absolute Gasteiger partial charge is 0.269 e. The Morgan fingerprint density at radius 1 is 1.08 bits per heavy atom. The monoisotopic (exact) mass is 337 g/mol. The van der Waals surface area contributed by atoms with Crippen LogP contribution in [0.4, 0.5) is 5.69 Å². The number of carbonyl (C=O) groups is 2. The summed E-state index contributed by atoms with van der Waals surface area (Å²) in [6, 6.07) is 9.14. The van der Waals surface area contributed by atoms with Crippen molar-refractivity contribution in [1.82, 2.24) is 0 Å². The topological polar surface area (TPSA) is 125 Å². The lowest BCUT2D eigenvalue weighted by atomic mass is 9.67. The van der Waals surface area contributed by atoms with Crippen molar-refractivity contribution in [1.29, 1.82) is 10.5 Å². The van der Waals surface area contributed by atoms with Crippen molar-refractivity contribution in [2.24, 2.45) is 16.2 Å². The van der Waals surface area contributed by atoms with Crippen LogP contribution in [0, 0.1) is 49.0 Å². The fourth-order valence-electron chi connectivity index (χ4n) is 4.22. The second-order valence-electron chi connectivity index (χ2n) is 7.49. The van der Waals surface area contributed by atoms with E-state index in [-0.39, 0.29) is 30.1 Å². The Morgan fingerprint density at radius 2 is 1.56 bits per heavy atom. The second-order valence-corrected chi connectivity index (χ2v) is 7.49. The van der Waals surface area contributed by atoms with Crippen LogP contribution in [-0.4, -0.2) is 16.5 Å². The molecule has 2 aliphatic rings. The number of nitro groups is 1. The molecule has 1 aromatic carbocycles. The second kappa shape index (κ2) is 4.97. The number of carbonyl (C=O) groups excluding carboxylic acids is 2. The molecular formula is C18H15N3O4. The van der Waals surface area contributed by atoms with Crippen molar-refractivity contribution in [2.45, 2.75) is 32.6 Å². The summed E-state index contributed by atoms with van der Waals surface area (Å²) >= 11 is 0. The summed E-state index contributed by atoms with van der Waals surface area (Å²) in [4.78, 5) is 36.0. The summed E-state index contributed by atoms with van der Waals surface area (Å²) in [7, 11) is 0. The molecule has 3 rings (SSSR count). The zero-order valence-corrected chi connectivity index (χ0v) is 13.8. The number of nitro benzene ring substituents is 1. The average molecular weight is 337 g/mol. The standard InChI is InChI=1S/C18H15N3O4/c1-16(2)7-13(22)18(14(23)8-16)15(17(18,9-19)10-20)11-3-5-12(6-4-11)21(24)25/h3-6,15H,7-8H2,1-2H3. The zero-order chi connectivity index (χ0) is 18.6. The van der Waals surface area contributed by atoms with Crippen molar-refractivity contribution in [2.75, 3.05) is 0 Å². The van der Waals surface area contributed by atoms with E-state index in [1.165, 1.54) is 24.3 Å². The van der Waals surface area contributed by atoms with Crippen LogP contribution in [0.2, 0.25) is 0 Å². The largest absolute Gasteiger partial charge is 0.298 e. The molecule has 1 atom stereocenters. The van der Waals surface area contributed by atoms with E-state index in [9.17, 15) is 30.2 Å². The molecule has 0 amide bonds. The first-order chi connectivity index (χ1) is 11.7. The first-order valence-electron chi connectivity index (χ1n) is 7.80. The van der Waals surface area contributed by atoms with Crippen LogP contribution in [0.5, 0.6) is 0 Å². The van der Waals surface area contributed by atoms with Gasteiger partial charge < -0.3 is 0 Å². The Labute approximate surface area is 144 Å². The van der Waals surface area contributed by atoms with E-state index < -0.39 is 27.1 Å². The fourth-order valence-corrected chi connectivity index (χ4v) is 4.22. The molecular weight excluding hydrogens is 322 g/mol. The van der Waals surface area contributed by atoms with E-state index >= 15 is 0 Å². The zero-order valence-electron chi connectivity index (χ0n) is 13.8. The fraction of sp³-hybridized carbons (Fsp3) is 0.444. The summed E-state index contributed by atoms with van der Waals surface area (Å²) in [5, 5.41) is 30.1. The van der Waals surface area contributed by atoms with E-state index in [0.29, 0.717) is 5.56 Å². The highest BCUT2D eigenvalue weighted by Gasteiger charge is 2.86. The number of hydrogen-bond donors (Lipinski definition) is 0. The molecule has 126 valence electrons. The molecule has 25 heavy (non-hydrogen) atoms. The lowest BCUT2D eigenvalue weighted by molar-refractivity contribution is -0.384. The number of hydrogen-bond acceptors (Lipinski definition) is 6. The maximum atomic E-state index is 12.9. The van der Waals surface area contributed by atoms with Crippen LogP contribution in [0.1, 0.15) is 38.2 Å². The third-order valence-corrected chi connectivity index (χ3v) is 5.35. The van der Waals surface area contributed by atoms with Gasteiger partial charge in [0.2, 0.25) is 0 Å². The van der Waals surface area contributed by atoms with Crippen molar-refractivity contribution in [3.05, 3.63) is 39.9 Å². The van der Waals surface area contributed by atoms with Gasteiger partial charge in [0.1, 0.15) is 17.0 Å². The molecule has 7 nitrogen and oxygen atoms in total. The minimum Gasteiger partial charge on any atom is -0.298 e. The lowest BCUT2D eigenvalue weighted by Crippen LogP contribution is -2.42. The van der Waals surface area contributed by atoms with Crippen LogP contribution in [0.15, 0.2) is 24.3 Å². The Hall–Kier alpha value is -3.06.